The van der Waals surface area contributed by atoms with Gasteiger partial charge in [-0.15, -0.1) is 0 Å². The van der Waals surface area contributed by atoms with Crippen LogP contribution in [0.1, 0.15) is 5.56 Å². The van der Waals surface area contributed by atoms with Crippen LogP contribution in [0.5, 0.6) is 17.2 Å². The van der Waals surface area contributed by atoms with Crippen molar-refractivity contribution in [2.45, 2.75) is 6.54 Å². The maximum absolute atomic E-state index is 9.00. The Morgan fingerprint density at radius 2 is 1.41 bits per heavy atom. The molecule has 0 atom stereocenters. The lowest BCUT2D eigenvalue weighted by Gasteiger charge is -2.34. The summed E-state index contributed by atoms with van der Waals surface area (Å²) in [6.45, 7) is 5.73. The van der Waals surface area contributed by atoms with Crippen LogP contribution in [0.4, 0.5) is 0 Å². The molecule has 6 heteroatoms. The third kappa shape index (κ3) is 4.03. The van der Waals surface area contributed by atoms with E-state index in [2.05, 4.69) is 9.80 Å². The SMILES string of the molecule is COc1cc(OC)c(OC)cc1CN1CCN(CCO)CC1. The molecule has 1 saturated heterocycles. The molecular weight excluding hydrogens is 284 g/mol. The number of piperazine rings is 1. The molecule has 1 aromatic carbocycles. The van der Waals surface area contributed by atoms with E-state index in [1.54, 1.807) is 21.3 Å². The van der Waals surface area contributed by atoms with E-state index < -0.39 is 0 Å². The van der Waals surface area contributed by atoms with E-state index in [9.17, 15) is 0 Å². The van der Waals surface area contributed by atoms with Crippen LogP contribution < -0.4 is 14.2 Å². The number of aliphatic hydroxyl groups is 1. The van der Waals surface area contributed by atoms with Crippen molar-refractivity contribution in [3.63, 3.8) is 0 Å². The van der Waals surface area contributed by atoms with Crippen LogP contribution in [-0.4, -0.2) is 75.6 Å². The number of ether oxygens (including phenoxy) is 3. The van der Waals surface area contributed by atoms with Crippen LogP contribution in [0.3, 0.4) is 0 Å². The average molecular weight is 310 g/mol. The van der Waals surface area contributed by atoms with Gasteiger partial charge in [0.05, 0.1) is 27.9 Å². The van der Waals surface area contributed by atoms with E-state index in [1.165, 1.54) is 0 Å². The number of rotatable bonds is 7. The van der Waals surface area contributed by atoms with Crippen molar-refractivity contribution in [2.75, 3.05) is 60.7 Å². The van der Waals surface area contributed by atoms with Crippen molar-refractivity contribution < 1.29 is 19.3 Å². The number of aliphatic hydroxyl groups excluding tert-OH is 1. The topological polar surface area (TPSA) is 54.4 Å². The zero-order valence-corrected chi connectivity index (χ0v) is 13.7. The number of β-amino-alcohol motifs (C(OH)–C–C–N with tert-alkyl or cyclic N) is 1. The van der Waals surface area contributed by atoms with E-state index in [1.807, 2.05) is 12.1 Å². The molecule has 1 N–H and O–H groups in total. The lowest BCUT2D eigenvalue weighted by Crippen LogP contribution is -2.46. The molecule has 124 valence electrons. The minimum absolute atomic E-state index is 0.226. The third-order valence-electron chi connectivity index (χ3n) is 4.06. The monoisotopic (exact) mass is 310 g/mol. The fraction of sp³-hybridized carbons (Fsp3) is 0.625. The van der Waals surface area contributed by atoms with E-state index >= 15 is 0 Å². The molecule has 0 spiro atoms. The molecule has 0 radical (unpaired) electrons. The first-order chi connectivity index (χ1) is 10.7. The summed E-state index contributed by atoms with van der Waals surface area (Å²) < 4.78 is 16.2. The van der Waals surface area contributed by atoms with E-state index in [4.69, 9.17) is 19.3 Å². The molecule has 6 nitrogen and oxygen atoms in total. The summed E-state index contributed by atoms with van der Waals surface area (Å²) in [6, 6.07) is 3.86. The summed E-state index contributed by atoms with van der Waals surface area (Å²) >= 11 is 0. The molecule has 0 unspecified atom stereocenters. The zero-order chi connectivity index (χ0) is 15.9. The molecule has 0 bridgehead atoms. The van der Waals surface area contributed by atoms with E-state index in [0.717, 1.165) is 56.3 Å². The van der Waals surface area contributed by atoms with Gasteiger partial charge in [-0.3, -0.25) is 9.80 Å². The highest BCUT2D eigenvalue weighted by Crippen LogP contribution is 2.35. The van der Waals surface area contributed by atoms with Gasteiger partial charge in [-0.2, -0.15) is 0 Å². The molecule has 1 aliphatic heterocycles. The van der Waals surface area contributed by atoms with Crippen molar-refractivity contribution in [3.8, 4) is 17.2 Å². The zero-order valence-electron chi connectivity index (χ0n) is 13.7. The van der Waals surface area contributed by atoms with Gasteiger partial charge in [-0.05, 0) is 6.07 Å². The summed E-state index contributed by atoms with van der Waals surface area (Å²) in [5, 5.41) is 9.00. The second-order valence-corrected chi connectivity index (χ2v) is 5.36. The first kappa shape index (κ1) is 16.9. The summed E-state index contributed by atoms with van der Waals surface area (Å²) in [5.41, 5.74) is 1.09. The number of hydrogen-bond acceptors (Lipinski definition) is 6. The summed E-state index contributed by atoms with van der Waals surface area (Å²) in [5.74, 6) is 2.21. The maximum Gasteiger partial charge on any atom is 0.164 e. The van der Waals surface area contributed by atoms with Gasteiger partial charge in [0, 0.05) is 50.9 Å². The number of benzene rings is 1. The largest absolute Gasteiger partial charge is 0.496 e. The second-order valence-electron chi connectivity index (χ2n) is 5.36. The number of methoxy groups -OCH3 is 3. The Balaban J connectivity index is 2.06. The van der Waals surface area contributed by atoms with Crippen LogP contribution >= 0.6 is 0 Å². The molecule has 0 saturated carbocycles. The lowest BCUT2D eigenvalue weighted by molar-refractivity contribution is 0.108. The smallest absolute Gasteiger partial charge is 0.164 e. The molecule has 2 rings (SSSR count). The Bertz CT molecular complexity index is 473. The van der Waals surface area contributed by atoms with Gasteiger partial charge in [0.25, 0.3) is 0 Å². The highest BCUT2D eigenvalue weighted by atomic mass is 16.5. The first-order valence-corrected chi connectivity index (χ1v) is 7.56. The highest BCUT2D eigenvalue weighted by molar-refractivity contribution is 5.50. The predicted molar refractivity (Wildman–Crippen MR) is 84.9 cm³/mol. The normalized spacial score (nSPS) is 16.5. The van der Waals surface area contributed by atoms with Crippen molar-refractivity contribution in [2.24, 2.45) is 0 Å². The van der Waals surface area contributed by atoms with Crippen LogP contribution in [0.25, 0.3) is 0 Å². The number of nitrogens with zero attached hydrogens (tertiary/aromatic N) is 2. The Morgan fingerprint density at radius 3 is 1.95 bits per heavy atom. The Hall–Kier alpha value is -1.50. The molecule has 1 heterocycles. The number of hydrogen-bond donors (Lipinski definition) is 1. The minimum Gasteiger partial charge on any atom is -0.496 e. The molecule has 0 aromatic heterocycles. The maximum atomic E-state index is 9.00. The molecule has 1 aromatic rings. The van der Waals surface area contributed by atoms with Gasteiger partial charge in [0.15, 0.2) is 11.5 Å². The Labute approximate surface area is 132 Å². The summed E-state index contributed by atoms with van der Waals surface area (Å²) in [6.07, 6.45) is 0. The molecule has 0 amide bonds. The van der Waals surface area contributed by atoms with Gasteiger partial charge >= 0.3 is 0 Å². The molecule has 0 aliphatic carbocycles. The van der Waals surface area contributed by atoms with Crippen molar-refractivity contribution in [1.29, 1.82) is 0 Å². The van der Waals surface area contributed by atoms with Crippen LogP contribution in [0.15, 0.2) is 12.1 Å². The molecule has 1 aliphatic rings. The minimum atomic E-state index is 0.226. The highest BCUT2D eigenvalue weighted by Gasteiger charge is 2.19. The van der Waals surface area contributed by atoms with Gasteiger partial charge in [0.1, 0.15) is 5.75 Å². The standard InChI is InChI=1S/C16H26N2O4/c1-20-14-11-16(22-3)15(21-2)10-13(14)12-18-6-4-17(5-7-18)8-9-19/h10-11,19H,4-9,12H2,1-3H3. The lowest BCUT2D eigenvalue weighted by atomic mass is 10.1. The fourth-order valence-electron chi connectivity index (χ4n) is 2.77. The summed E-state index contributed by atoms with van der Waals surface area (Å²) in [7, 11) is 4.93. The van der Waals surface area contributed by atoms with E-state index in [0.29, 0.717) is 5.75 Å². The molecule has 1 fully saturated rings. The van der Waals surface area contributed by atoms with Crippen LogP contribution in [0, 0.1) is 0 Å². The summed E-state index contributed by atoms with van der Waals surface area (Å²) in [4.78, 5) is 4.67. The van der Waals surface area contributed by atoms with E-state index in [-0.39, 0.29) is 6.61 Å². The average Bonchev–Trinajstić information content (AvgIpc) is 2.56. The fourth-order valence-corrected chi connectivity index (χ4v) is 2.77. The van der Waals surface area contributed by atoms with Crippen LogP contribution in [-0.2, 0) is 6.54 Å². The quantitative estimate of drug-likeness (QED) is 0.805. The Morgan fingerprint density at radius 1 is 0.864 bits per heavy atom. The van der Waals surface area contributed by atoms with Gasteiger partial charge in [-0.25, -0.2) is 0 Å². The van der Waals surface area contributed by atoms with Gasteiger partial charge in [0.2, 0.25) is 0 Å². The predicted octanol–water partition coefficient (Wildman–Crippen LogP) is 0.822. The van der Waals surface area contributed by atoms with Crippen molar-refractivity contribution >= 4 is 0 Å². The third-order valence-corrected chi connectivity index (χ3v) is 4.06. The molecule has 22 heavy (non-hydrogen) atoms. The Kier molecular flexibility index (Phi) is 6.30. The van der Waals surface area contributed by atoms with Gasteiger partial charge < -0.3 is 19.3 Å². The van der Waals surface area contributed by atoms with Gasteiger partial charge in [-0.1, -0.05) is 0 Å². The van der Waals surface area contributed by atoms with Crippen molar-refractivity contribution in [1.82, 2.24) is 9.80 Å². The second kappa shape index (κ2) is 8.22. The van der Waals surface area contributed by atoms with Crippen molar-refractivity contribution in [3.05, 3.63) is 17.7 Å². The first-order valence-electron chi connectivity index (χ1n) is 7.56. The van der Waals surface area contributed by atoms with Crippen LogP contribution in [0.2, 0.25) is 0 Å². The molecular formula is C16H26N2O4.